The van der Waals surface area contributed by atoms with Gasteiger partial charge in [-0.05, 0) is 23.6 Å². The first-order chi connectivity index (χ1) is 14.9. The number of fused-ring (bicyclic) bond motifs is 1. The standard InChI is InChI=1S/C21H19N5O4S/c22-20(29)19(28)15(9-11-5-2-1-3-6-11)24-21(30)18-17(25-31-26-18)12-7-4-8-14-13(12)10-16(27)23-14/h1-8,15,19,28H,9-10H2,(H2,22,29)(H,23,27)(H,24,30). The second-order valence-electron chi connectivity index (χ2n) is 7.13. The fourth-order valence-corrected chi connectivity index (χ4v) is 4.09. The van der Waals surface area contributed by atoms with Crippen molar-refractivity contribution in [3.63, 3.8) is 0 Å². The first-order valence-electron chi connectivity index (χ1n) is 9.51. The van der Waals surface area contributed by atoms with E-state index in [4.69, 9.17) is 5.73 Å². The smallest absolute Gasteiger partial charge is 0.273 e. The van der Waals surface area contributed by atoms with Crippen LogP contribution in [0.15, 0.2) is 48.5 Å². The summed E-state index contributed by atoms with van der Waals surface area (Å²) in [6, 6.07) is 13.5. The van der Waals surface area contributed by atoms with Gasteiger partial charge in [-0.3, -0.25) is 14.4 Å². The highest BCUT2D eigenvalue weighted by Crippen LogP contribution is 2.34. The van der Waals surface area contributed by atoms with Crippen molar-refractivity contribution in [1.29, 1.82) is 0 Å². The van der Waals surface area contributed by atoms with E-state index in [1.54, 1.807) is 18.2 Å². The first kappa shape index (κ1) is 20.6. The SMILES string of the molecule is NC(=O)C(O)C(Cc1ccccc1)NC(=O)c1nsnc1-c1cccc2c1CC(=O)N2. The van der Waals surface area contributed by atoms with Crippen LogP contribution in [0.1, 0.15) is 21.6 Å². The molecule has 3 amide bonds. The molecule has 0 bridgehead atoms. The summed E-state index contributed by atoms with van der Waals surface area (Å²) in [5.74, 6) is -1.67. The number of anilines is 1. The maximum absolute atomic E-state index is 13.0. The number of hydrogen-bond acceptors (Lipinski definition) is 7. The van der Waals surface area contributed by atoms with Crippen LogP contribution in [0.3, 0.4) is 0 Å². The van der Waals surface area contributed by atoms with Gasteiger partial charge in [-0.1, -0.05) is 42.5 Å². The average molecular weight is 437 g/mol. The van der Waals surface area contributed by atoms with Gasteiger partial charge >= 0.3 is 0 Å². The van der Waals surface area contributed by atoms with E-state index in [0.717, 1.165) is 22.9 Å². The minimum Gasteiger partial charge on any atom is -0.381 e. The molecule has 3 aromatic rings. The number of benzene rings is 2. The second-order valence-corrected chi connectivity index (χ2v) is 7.66. The summed E-state index contributed by atoms with van der Waals surface area (Å²) >= 11 is 0.861. The van der Waals surface area contributed by atoms with Gasteiger partial charge < -0.3 is 21.5 Å². The van der Waals surface area contributed by atoms with E-state index >= 15 is 0 Å². The molecule has 10 heteroatoms. The number of aromatic nitrogens is 2. The topological polar surface area (TPSA) is 147 Å². The van der Waals surface area contributed by atoms with Gasteiger partial charge in [0.2, 0.25) is 11.8 Å². The quantitative estimate of drug-likeness (QED) is 0.431. The molecule has 158 valence electrons. The van der Waals surface area contributed by atoms with E-state index in [1.807, 2.05) is 30.3 Å². The number of aliphatic hydroxyl groups excluding tert-OH is 1. The van der Waals surface area contributed by atoms with E-state index in [1.165, 1.54) is 0 Å². The Kier molecular flexibility index (Phi) is 5.74. The van der Waals surface area contributed by atoms with Crippen molar-refractivity contribution in [3.8, 4) is 11.3 Å². The van der Waals surface area contributed by atoms with Gasteiger partial charge in [0.1, 0.15) is 5.69 Å². The molecule has 9 nitrogen and oxygen atoms in total. The van der Waals surface area contributed by atoms with Crippen LogP contribution in [0.5, 0.6) is 0 Å². The zero-order valence-corrected chi connectivity index (χ0v) is 17.1. The Hall–Kier alpha value is -3.63. The Morgan fingerprint density at radius 3 is 2.68 bits per heavy atom. The number of nitrogens with zero attached hydrogens (tertiary/aromatic N) is 2. The predicted molar refractivity (Wildman–Crippen MR) is 114 cm³/mol. The van der Waals surface area contributed by atoms with Crippen molar-refractivity contribution in [2.75, 3.05) is 5.32 Å². The van der Waals surface area contributed by atoms with Gasteiger partial charge in [0, 0.05) is 11.3 Å². The van der Waals surface area contributed by atoms with Crippen molar-refractivity contribution in [3.05, 3.63) is 65.4 Å². The summed E-state index contributed by atoms with van der Waals surface area (Å²) < 4.78 is 8.37. The maximum Gasteiger partial charge on any atom is 0.273 e. The number of nitrogens with two attached hydrogens (primary N) is 1. The highest BCUT2D eigenvalue weighted by molar-refractivity contribution is 6.99. The molecule has 0 saturated carbocycles. The molecule has 1 aliphatic heterocycles. The van der Waals surface area contributed by atoms with Crippen LogP contribution in [0.4, 0.5) is 5.69 Å². The number of carbonyl (C=O) groups is 3. The molecule has 0 spiro atoms. The van der Waals surface area contributed by atoms with Crippen molar-refractivity contribution in [2.24, 2.45) is 5.73 Å². The zero-order chi connectivity index (χ0) is 22.0. The fraction of sp³-hybridized carbons (Fsp3) is 0.190. The Balaban J connectivity index is 1.62. The summed E-state index contributed by atoms with van der Waals surface area (Å²) in [6.45, 7) is 0. The molecule has 1 aliphatic rings. The lowest BCUT2D eigenvalue weighted by molar-refractivity contribution is -0.127. The van der Waals surface area contributed by atoms with Crippen molar-refractivity contribution < 1.29 is 19.5 Å². The molecule has 0 saturated heterocycles. The summed E-state index contributed by atoms with van der Waals surface area (Å²) in [5.41, 5.74) is 8.52. The van der Waals surface area contributed by atoms with Crippen LogP contribution in [0.25, 0.3) is 11.3 Å². The number of primary amides is 1. The molecule has 2 heterocycles. The number of aliphatic hydroxyl groups is 1. The van der Waals surface area contributed by atoms with Crippen LogP contribution in [-0.2, 0) is 22.4 Å². The van der Waals surface area contributed by atoms with Crippen molar-refractivity contribution in [1.82, 2.24) is 14.1 Å². The van der Waals surface area contributed by atoms with Gasteiger partial charge in [0.25, 0.3) is 5.91 Å². The lowest BCUT2D eigenvalue weighted by Crippen LogP contribution is -2.50. The largest absolute Gasteiger partial charge is 0.381 e. The number of carbonyl (C=O) groups excluding carboxylic acids is 3. The Labute approximate surface area is 181 Å². The molecule has 2 unspecified atom stereocenters. The Bertz CT molecular complexity index is 1150. The summed E-state index contributed by atoms with van der Waals surface area (Å²) in [4.78, 5) is 36.4. The van der Waals surface area contributed by atoms with Crippen molar-refractivity contribution >= 4 is 35.1 Å². The molecular formula is C21H19N5O4S. The van der Waals surface area contributed by atoms with E-state index < -0.39 is 24.0 Å². The number of nitrogens with one attached hydrogen (secondary N) is 2. The highest BCUT2D eigenvalue weighted by atomic mass is 32.1. The number of rotatable bonds is 7. The third kappa shape index (κ3) is 4.30. The number of amides is 3. The van der Waals surface area contributed by atoms with Crippen LogP contribution in [-0.4, -0.2) is 43.7 Å². The lowest BCUT2D eigenvalue weighted by Gasteiger charge is -2.22. The molecule has 0 aliphatic carbocycles. The molecule has 0 radical (unpaired) electrons. The van der Waals surface area contributed by atoms with Crippen LogP contribution in [0.2, 0.25) is 0 Å². The summed E-state index contributed by atoms with van der Waals surface area (Å²) in [6.07, 6.45) is -1.20. The monoisotopic (exact) mass is 437 g/mol. The lowest BCUT2D eigenvalue weighted by atomic mass is 9.99. The minimum absolute atomic E-state index is 0.0486. The van der Waals surface area contributed by atoms with Gasteiger partial charge in [-0.15, -0.1) is 0 Å². The molecule has 1 aromatic heterocycles. The fourth-order valence-electron chi connectivity index (χ4n) is 3.53. The minimum atomic E-state index is -1.58. The molecular weight excluding hydrogens is 418 g/mol. The van der Waals surface area contributed by atoms with E-state index in [2.05, 4.69) is 19.4 Å². The second kappa shape index (κ2) is 8.62. The maximum atomic E-state index is 13.0. The Morgan fingerprint density at radius 1 is 1.16 bits per heavy atom. The molecule has 2 atom stereocenters. The van der Waals surface area contributed by atoms with Crippen LogP contribution in [0, 0.1) is 0 Å². The van der Waals surface area contributed by atoms with Crippen LogP contribution >= 0.6 is 11.7 Å². The third-order valence-corrected chi connectivity index (χ3v) is 5.56. The zero-order valence-electron chi connectivity index (χ0n) is 16.2. The normalized spacial score (nSPS) is 14.4. The Morgan fingerprint density at radius 2 is 1.94 bits per heavy atom. The van der Waals surface area contributed by atoms with Gasteiger partial charge in [0.15, 0.2) is 11.8 Å². The number of hydrogen-bond donors (Lipinski definition) is 4. The molecule has 4 rings (SSSR count). The summed E-state index contributed by atoms with van der Waals surface area (Å²) in [5, 5.41) is 15.7. The van der Waals surface area contributed by atoms with E-state index in [-0.39, 0.29) is 24.4 Å². The van der Waals surface area contributed by atoms with Gasteiger partial charge in [0.05, 0.1) is 24.2 Å². The van der Waals surface area contributed by atoms with E-state index in [0.29, 0.717) is 16.9 Å². The van der Waals surface area contributed by atoms with Gasteiger partial charge in [-0.25, -0.2) is 0 Å². The molecule has 2 aromatic carbocycles. The molecule has 0 fully saturated rings. The van der Waals surface area contributed by atoms with E-state index in [9.17, 15) is 19.5 Å². The third-order valence-electron chi connectivity index (χ3n) is 5.03. The average Bonchev–Trinajstić information content (AvgIpc) is 3.39. The predicted octanol–water partition coefficient (Wildman–Crippen LogP) is 0.887. The molecule has 5 N–H and O–H groups in total. The first-order valence-corrected chi connectivity index (χ1v) is 10.2. The summed E-state index contributed by atoms with van der Waals surface area (Å²) in [7, 11) is 0. The molecule has 31 heavy (non-hydrogen) atoms. The van der Waals surface area contributed by atoms with Crippen molar-refractivity contribution in [2.45, 2.75) is 25.0 Å². The highest BCUT2D eigenvalue weighted by Gasteiger charge is 2.30. The van der Waals surface area contributed by atoms with Gasteiger partial charge in [-0.2, -0.15) is 8.75 Å². The van der Waals surface area contributed by atoms with Crippen LogP contribution < -0.4 is 16.4 Å².